The molecule has 0 aliphatic carbocycles. The molecular formula is C22H20ClN3O. The number of pyridine rings is 1. The Labute approximate surface area is 163 Å². The fraction of sp³-hybridized carbons (Fsp3) is 0.227. The average molecular weight is 378 g/mol. The highest BCUT2D eigenvalue weighted by molar-refractivity contribution is 6.30. The van der Waals surface area contributed by atoms with Gasteiger partial charge in [-0.1, -0.05) is 41.4 Å². The van der Waals surface area contributed by atoms with E-state index in [2.05, 4.69) is 16.4 Å². The third-order valence-electron chi connectivity index (χ3n) is 4.54. The molecule has 4 nitrogen and oxygen atoms in total. The maximum absolute atomic E-state index is 12.6. The van der Waals surface area contributed by atoms with E-state index < -0.39 is 5.92 Å². The van der Waals surface area contributed by atoms with Crippen LogP contribution in [0.15, 0.2) is 42.5 Å². The number of hydrogen-bond donors (Lipinski definition) is 1. The quantitative estimate of drug-likeness (QED) is 0.640. The van der Waals surface area contributed by atoms with E-state index in [1.165, 1.54) is 0 Å². The maximum atomic E-state index is 12.6. The standard InChI is InChI=1S/C22H20ClN3O/c1-13-5-7-19(15(3)8-13)26-22(27)18(12-24)11-17-10-16-6-4-14(2)9-20(16)25-21(17)23/h4-10,18H,11H2,1-3H3,(H,26,27)/t18-/m1/s1. The number of halogens is 1. The van der Waals surface area contributed by atoms with Crippen LogP contribution in [0.5, 0.6) is 0 Å². The van der Waals surface area contributed by atoms with Gasteiger partial charge in [-0.2, -0.15) is 5.26 Å². The van der Waals surface area contributed by atoms with E-state index >= 15 is 0 Å². The molecule has 0 unspecified atom stereocenters. The van der Waals surface area contributed by atoms with Crippen molar-refractivity contribution >= 4 is 34.1 Å². The van der Waals surface area contributed by atoms with Crippen LogP contribution in [0, 0.1) is 38.0 Å². The van der Waals surface area contributed by atoms with Gasteiger partial charge in [0, 0.05) is 17.5 Å². The van der Waals surface area contributed by atoms with Crippen LogP contribution in [0.3, 0.4) is 0 Å². The molecule has 0 aliphatic heterocycles. The minimum Gasteiger partial charge on any atom is -0.325 e. The fourth-order valence-electron chi connectivity index (χ4n) is 3.03. The zero-order valence-electron chi connectivity index (χ0n) is 15.5. The van der Waals surface area contributed by atoms with Gasteiger partial charge < -0.3 is 5.32 Å². The smallest absolute Gasteiger partial charge is 0.242 e. The van der Waals surface area contributed by atoms with Crippen molar-refractivity contribution in [2.24, 2.45) is 5.92 Å². The lowest BCUT2D eigenvalue weighted by Gasteiger charge is -2.14. The number of hydrogen-bond acceptors (Lipinski definition) is 3. The van der Waals surface area contributed by atoms with E-state index in [0.29, 0.717) is 16.4 Å². The SMILES string of the molecule is Cc1ccc(NC(=O)[C@@H](C#N)Cc2cc3ccc(C)cc3nc2Cl)c(C)c1. The summed E-state index contributed by atoms with van der Waals surface area (Å²) < 4.78 is 0. The van der Waals surface area contributed by atoms with Gasteiger partial charge in [0.2, 0.25) is 5.91 Å². The number of nitrogens with zero attached hydrogens (tertiary/aromatic N) is 2. The fourth-order valence-corrected chi connectivity index (χ4v) is 3.25. The van der Waals surface area contributed by atoms with Crippen molar-refractivity contribution in [3.63, 3.8) is 0 Å². The number of benzene rings is 2. The second-order valence-corrected chi connectivity index (χ2v) is 7.19. The van der Waals surface area contributed by atoms with Crippen molar-refractivity contribution in [1.82, 2.24) is 4.98 Å². The topological polar surface area (TPSA) is 65.8 Å². The summed E-state index contributed by atoms with van der Waals surface area (Å²) in [4.78, 5) is 17.0. The number of rotatable bonds is 4. The molecule has 0 spiro atoms. The molecule has 5 heteroatoms. The summed E-state index contributed by atoms with van der Waals surface area (Å²) in [6.45, 7) is 5.91. The Morgan fingerprint density at radius 1 is 1.15 bits per heavy atom. The van der Waals surface area contributed by atoms with Gasteiger partial charge in [0.1, 0.15) is 11.1 Å². The number of nitrogens with one attached hydrogen (secondary N) is 1. The first-order valence-electron chi connectivity index (χ1n) is 8.71. The Kier molecular flexibility index (Phi) is 5.43. The Bertz CT molecular complexity index is 1070. The summed E-state index contributed by atoms with van der Waals surface area (Å²) in [5, 5.41) is 13.6. The molecule has 3 aromatic rings. The van der Waals surface area contributed by atoms with E-state index in [-0.39, 0.29) is 12.3 Å². The van der Waals surface area contributed by atoms with E-state index in [1.54, 1.807) is 0 Å². The van der Waals surface area contributed by atoms with Gasteiger partial charge in [0.25, 0.3) is 0 Å². The summed E-state index contributed by atoms with van der Waals surface area (Å²) in [6, 6.07) is 15.7. The molecule has 0 saturated carbocycles. The second kappa shape index (κ2) is 7.77. The van der Waals surface area contributed by atoms with Crippen molar-refractivity contribution < 1.29 is 4.79 Å². The predicted molar refractivity (Wildman–Crippen MR) is 109 cm³/mol. The van der Waals surface area contributed by atoms with E-state index in [0.717, 1.165) is 27.6 Å². The number of anilines is 1. The first kappa shape index (κ1) is 18.9. The molecule has 1 heterocycles. The minimum atomic E-state index is -0.854. The van der Waals surface area contributed by atoms with Gasteiger partial charge >= 0.3 is 0 Å². The molecule has 0 fully saturated rings. The van der Waals surface area contributed by atoms with Crippen molar-refractivity contribution in [3.05, 3.63) is 69.9 Å². The minimum absolute atomic E-state index is 0.211. The monoisotopic (exact) mass is 377 g/mol. The Balaban J connectivity index is 1.83. The Morgan fingerprint density at radius 3 is 2.56 bits per heavy atom. The Morgan fingerprint density at radius 2 is 1.85 bits per heavy atom. The van der Waals surface area contributed by atoms with Crippen LogP contribution >= 0.6 is 11.6 Å². The van der Waals surface area contributed by atoms with Crippen LogP contribution in [0.1, 0.15) is 22.3 Å². The highest BCUT2D eigenvalue weighted by atomic mass is 35.5. The van der Waals surface area contributed by atoms with Crippen molar-refractivity contribution in [1.29, 1.82) is 5.26 Å². The third kappa shape index (κ3) is 4.27. The van der Waals surface area contributed by atoms with Crippen molar-refractivity contribution in [2.45, 2.75) is 27.2 Å². The van der Waals surface area contributed by atoms with E-state index in [9.17, 15) is 10.1 Å². The van der Waals surface area contributed by atoms with Crippen LogP contribution in [0.4, 0.5) is 5.69 Å². The van der Waals surface area contributed by atoms with Gasteiger partial charge in [-0.3, -0.25) is 4.79 Å². The number of carbonyl (C=O) groups is 1. The molecular weight excluding hydrogens is 358 g/mol. The highest BCUT2D eigenvalue weighted by Crippen LogP contribution is 2.25. The molecule has 1 amide bonds. The molecule has 1 atom stereocenters. The maximum Gasteiger partial charge on any atom is 0.242 e. The number of fused-ring (bicyclic) bond motifs is 1. The molecule has 0 aliphatic rings. The van der Waals surface area contributed by atoms with E-state index in [4.69, 9.17) is 11.6 Å². The lowest BCUT2D eigenvalue weighted by Crippen LogP contribution is -2.24. The van der Waals surface area contributed by atoms with E-state index in [1.807, 2.05) is 63.2 Å². The van der Waals surface area contributed by atoms with Gasteiger partial charge in [-0.25, -0.2) is 4.98 Å². The molecule has 3 rings (SSSR count). The molecule has 1 N–H and O–H groups in total. The molecule has 1 aromatic heterocycles. The van der Waals surface area contributed by atoms with Gasteiger partial charge in [-0.05, 0) is 55.7 Å². The first-order chi connectivity index (χ1) is 12.9. The first-order valence-corrected chi connectivity index (χ1v) is 9.08. The molecule has 0 radical (unpaired) electrons. The number of aryl methyl sites for hydroxylation is 3. The van der Waals surface area contributed by atoms with Gasteiger partial charge in [-0.15, -0.1) is 0 Å². The van der Waals surface area contributed by atoms with Gasteiger partial charge in [0.05, 0.1) is 11.6 Å². The van der Waals surface area contributed by atoms with Crippen LogP contribution < -0.4 is 5.32 Å². The van der Waals surface area contributed by atoms with Crippen LogP contribution in [0.2, 0.25) is 5.15 Å². The highest BCUT2D eigenvalue weighted by Gasteiger charge is 2.21. The normalized spacial score (nSPS) is 11.8. The summed E-state index contributed by atoms with van der Waals surface area (Å²) in [7, 11) is 0. The van der Waals surface area contributed by atoms with Gasteiger partial charge in [0.15, 0.2) is 0 Å². The second-order valence-electron chi connectivity index (χ2n) is 6.83. The summed E-state index contributed by atoms with van der Waals surface area (Å²) in [5.74, 6) is -1.20. The zero-order chi connectivity index (χ0) is 19.6. The molecule has 27 heavy (non-hydrogen) atoms. The number of amides is 1. The predicted octanol–water partition coefficient (Wildman–Crippen LogP) is 5.13. The summed E-state index contributed by atoms with van der Waals surface area (Å²) >= 11 is 6.31. The lowest BCUT2D eigenvalue weighted by molar-refractivity contribution is -0.118. The largest absolute Gasteiger partial charge is 0.325 e. The van der Waals surface area contributed by atoms with Crippen LogP contribution in [0.25, 0.3) is 10.9 Å². The van der Waals surface area contributed by atoms with Crippen LogP contribution in [-0.4, -0.2) is 10.9 Å². The van der Waals surface area contributed by atoms with Crippen molar-refractivity contribution in [2.75, 3.05) is 5.32 Å². The third-order valence-corrected chi connectivity index (χ3v) is 4.86. The Hall–Kier alpha value is -2.90. The lowest BCUT2D eigenvalue weighted by atomic mass is 9.99. The molecule has 2 aromatic carbocycles. The number of carbonyl (C=O) groups excluding carboxylic acids is 1. The molecule has 0 bridgehead atoms. The van der Waals surface area contributed by atoms with Crippen LogP contribution in [-0.2, 0) is 11.2 Å². The number of aromatic nitrogens is 1. The summed E-state index contributed by atoms with van der Waals surface area (Å²) in [5.41, 5.74) is 5.38. The molecule has 136 valence electrons. The zero-order valence-corrected chi connectivity index (χ0v) is 16.3. The van der Waals surface area contributed by atoms with Crippen molar-refractivity contribution in [3.8, 4) is 6.07 Å². The average Bonchev–Trinajstić information content (AvgIpc) is 2.62. The summed E-state index contributed by atoms with van der Waals surface area (Å²) in [6.07, 6.45) is 0.211. The number of nitriles is 1. The molecule has 0 saturated heterocycles.